The van der Waals surface area contributed by atoms with Crippen LogP contribution in [-0.2, 0) is 27.8 Å². The van der Waals surface area contributed by atoms with E-state index in [2.05, 4.69) is 4.98 Å². The topological polar surface area (TPSA) is 103 Å². The van der Waals surface area contributed by atoms with Gasteiger partial charge in [0.2, 0.25) is 15.9 Å². The normalized spacial score (nSPS) is 12.4. The molecule has 0 saturated heterocycles. The van der Waals surface area contributed by atoms with E-state index >= 15 is 0 Å². The van der Waals surface area contributed by atoms with E-state index < -0.39 is 10.0 Å². The number of aryl methyl sites for hydroxylation is 1. The summed E-state index contributed by atoms with van der Waals surface area (Å²) in [7, 11) is -2.03. The standard InChI is InChI=1S/C22H25N3O4S2/c1-15-4-8-19(9-5-15)29-13-21-24-18(14-30-21)12-22(26)25(3)16(2)17-6-10-20(11-7-17)31(23,27)28/h4-11,14,16H,12-13H2,1-3H3,(H2,23,27,28). The Kier molecular flexibility index (Phi) is 7.09. The Morgan fingerprint density at radius 1 is 1.16 bits per heavy atom. The summed E-state index contributed by atoms with van der Waals surface area (Å²) in [5.41, 5.74) is 2.68. The number of primary sulfonamides is 1. The lowest BCUT2D eigenvalue weighted by Crippen LogP contribution is -2.31. The highest BCUT2D eigenvalue weighted by Gasteiger charge is 2.19. The van der Waals surface area contributed by atoms with Gasteiger partial charge in [-0.15, -0.1) is 11.3 Å². The Balaban J connectivity index is 1.57. The second-order valence-corrected chi connectivity index (χ2v) is 9.81. The van der Waals surface area contributed by atoms with Crippen molar-refractivity contribution in [1.29, 1.82) is 0 Å². The van der Waals surface area contributed by atoms with Crippen molar-refractivity contribution in [2.75, 3.05) is 7.05 Å². The largest absolute Gasteiger partial charge is 0.486 e. The highest BCUT2D eigenvalue weighted by molar-refractivity contribution is 7.89. The number of ether oxygens (including phenoxy) is 1. The Hall–Kier alpha value is -2.75. The molecule has 0 radical (unpaired) electrons. The highest BCUT2D eigenvalue weighted by Crippen LogP contribution is 2.22. The number of aromatic nitrogens is 1. The molecular weight excluding hydrogens is 434 g/mol. The van der Waals surface area contributed by atoms with Crippen molar-refractivity contribution >= 4 is 27.3 Å². The van der Waals surface area contributed by atoms with Crippen molar-refractivity contribution in [3.8, 4) is 5.75 Å². The molecule has 0 saturated carbocycles. The van der Waals surface area contributed by atoms with Crippen molar-refractivity contribution in [2.45, 2.75) is 37.8 Å². The summed E-state index contributed by atoms with van der Waals surface area (Å²) in [4.78, 5) is 18.9. The number of hydrogen-bond donors (Lipinski definition) is 1. The average Bonchev–Trinajstić information content (AvgIpc) is 3.19. The Morgan fingerprint density at radius 2 is 1.81 bits per heavy atom. The van der Waals surface area contributed by atoms with Gasteiger partial charge in [-0.25, -0.2) is 18.5 Å². The monoisotopic (exact) mass is 459 g/mol. The number of carbonyl (C=O) groups excluding carboxylic acids is 1. The molecule has 1 heterocycles. The average molecular weight is 460 g/mol. The molecule has 3 aromatic rings. The van der Waals surface area contributed by atoms with Crippen LogP contribution in [0.4, 0.5) is 0 Å². The van der Waals surface area contributed by atoms with Gasteiger partial charge in [0.05, 0.1) is 23.1 Å². The third-order valence-electron chi connectivity index (χ3n) is 4.98. The zero-order valence-corrected chi connectivity index (χ0v) is 19.2. The minimum absolute atomic E-state index is 0.0419. The van der Waals surface area contributed by atoms with Crippen LogP contribution in [0, 0.1) is 6.92 Å². The maximum absolute atomic E-state index is 12.7. The van der Waals surface area contributed by atoms with Gasteiger partial charge in [0.25, 0.3) is 0 Å². The molecule has 1 unspecified atom stereocenters. The first-order valence-corrected chi connectivity index (χ1v) is 12.1. The van der Waals surface area contributed by atoms with Crippen molar-refractivity contribution in [3.63, 3.8) is 0 Å². The molecule has 164 valence electrons. The number of benzene rings is 2. The lowest BCUT2D eigenvalue weighted by Gasteiger charge is -2.25. The second-order valence-electron chi connectivity index (χ2n) is 7.31. The molecule has 7 nitrogen and oxygen atoms in total. The SMILES string of the molecule is Cc1ccc(OCc2nc(CC(=O)N(C)C(C)c3ccc(S(N)(=O)=O)cc3)cs2)cc1. The summed E-state index contributed by atoms with van der Waals surface area (Å²) in [6.45, 7) is 4.25. The second kappa shape index (κ2) is 9.59. The molecule has 2 aromatic carbocycles. The fourth-order valence-corrected chi connectivity index (χ4v) is 4.15. The predicted molar refractivity (Wildman–Crippen MR) is 120 cm³/mol. The van der Waals surface area contributed by atoms with Crippen LogP contribution in [0.3, 0.4) is 0 Å². The Morgan fingerprint density at radius 3 is 2.42 bits per heavy atom. The van der Waals surface area contributed by atoms with Crippen LogP contribution in [0.5, 0.6) is 5.75 Å². The molecule has 2 N–H and O–H groups in total. The fourth-order valence-electron chi connectivity index (χ4n) is 2.93. The minimum Gasteiger partial charge on any atom is -0.486 e. The van der Waals surface area contributed by atoms with E-state index in [1.807, 2.05) is 43.5 Å². The number of likely N-dealkylation sites (N-methyl/N-ethyl adjacent to an activating group) is 1. The summed E-state index contributed by atoms with van der Waals surface area (Å²) >= 11 is 1.46. The van der Waals surface area contributed by atoms with E-state index in [9.17, 15) is 13.2 Å². The molecule has 31 heavy (non-hydrogen) atoms. The van der Waals surface area contributed by atoms with Gasteiger partial charge in [0.15, 0.2) is 0 Å². The maximum Gasteiger partial charge on any atom is 0.238 e. The Labute approximate surface area is 186 Å². The molecule has 1 amide bonds. The van der Waals surface area contributed by atoms with Gasteiger partial charge < -0.3 is 9.64 Å². The van der Waals surface area contributed by atoms with Gasteiger partial charge in [-0.2, -0.15) is 0 Å². The fraction of sp³-hybridized carbons (Fsp3) is 0.273. The summed E-state index contributed by atoms with van der Waals surface area (Å²) in [6.07, 6.45) is 0.178. The van der Waals surface area contributed by atoms with Gasteiger partial charge in [0.1, 0.15) is 17.4 Å². The zero-order valence-electron chi connectivity index (χ0n) is 17.6. The number of thiazole rings is 1. The van der Waals surface area contributed by atoms with E-state index in [-0.39, 0.29) is 23.3 Å². The molecule has 3 rings (SSSR count). The van der Waals surface area contributed by atoms with Gasteiger partial charge in [-0.1, -0.05) is 29.8 Å². The molecule has 0 fully saturated rings. The molecule has 1 aromatic heterocycles. The van der Waals surface area contributed by atoms with E-state index in [0.29, 0.717) is 12.3 Å². The van der Waals surface area contributed by atoms with Crippen molar-refractivity contribution < 1.29 is 17.9 Å². The summed E-state index contributed by atoms with van der Waals surface area (Å²) in [5.74, 6) is 0.694. The maximum atomic E-state index is 12.7. The molecule has 1 atom stereocenters. The number of sulfonamides is 1. The molecule has 0 spiro atoms. The quantitative estimate of drug-likeness (QED) is 0.556. The lowest BCUT2D eigenvalue weighted by atomic mass is 10.1. The van der Waals surface area contributed by atoms with Crippen molar-refractivity contribution in [3.05, 3.63) is 75.7 Å². The molecule has 0 aliphatic rings. The first-order valence-electron chi connectivity index (χ1n) is 9.64. The third kappa shape index (κ3) is 6.13. The number of hydrogen-bond acceptors (Lipinski definition) is 6. The van der Waals surface area contributed by atoms with Crippen molar-refractivity contribution in [2.24, 2.45) is 5.14 Å². The third-order valence-corrected chi connectivity index (χ3v) is 6.78. The van der Waals surface area contributed by atoms with Crippen LogP contribution in [-0.4, -0.2) is 31.3 Å². The molecule has 0 bridgehead atoms. The molecule has 9 heteroatoms. The van der Waals surface area contributed by atoms with Gasteiger partial charge in [-0.3, -0.25) is 4.79 Å². The number of nitrogens with zero attached hydrogens (tertiary/aromatic N) is 2. The van der Waals surface area contributed by atoms with E-state index in [0.717, 1.165) is 16.3 Å². The molecule has 0 aliphatic carbocycles. The summed E-state index contributed by atoms with van der Waals surface area (Å²) in [5, 5.41) is 7.80. The summed E-state index contributed by atoms with van der Waals surface area (Å²) in [6, 6.07) is 13.8. The molecular formula is C22H25N3O4S2. The van der Waals surface area contributed by atoms with E-state index in [1.54, 1.807) is 24.1 Å². The van der Waals surface area contributed by atoms with Crippen molar-refractivity contribution in [1.82, 2.24) is 9.88 Å². The number of nitrogens with two attached hydrogens (primary N) is 1. The predicted octanol–water partition coefficient (Wildman–Crippen LogP) is 3.44. The summed E-state index contributed by atoms with van der Waals surface area (Å²) < 4.78 is 28.5. The van der Waals surface area contributed by atoms with Gasteiger partial charge in [-0.05, 0) is 43.7 Å². The zero-order chi connectivity index (χ0) is 22.6. The van der Waals surface area contributed by atoms with Crippen LogP contribution in [0.2, 0.25) is 0 Å². The van der Waals surface area contributed by atoms with Crippen LogP contribution in [0.25, 0.3) is 0 Å². The van der Waals surface area contributed by atoms with E-state index in [1.165, 1.54) is 29.0 Å². The number of amides is 1. The van der Waals surface area contributed by atoms with Crippen LogP contribution in [0.1, 0.15) is 34.8 Å². The van der Waals surface area contributed by atoms with E-state index in [4.69, 9.17) is 9.88 Å². The lowest BCUT2D eigenvalue weighted by molar-refractivity contribution is -0.131. The van der Waals surface area contributed by atoms with Crippen LogP contribution >= 0.6 is 11.3 Å². The molecule has 0 aliphatic heterocycles. The van der Waals surface area contributed by atoms with Crippen LogP contribution < -0.4 is 9.88 Å². The van der Waals surface area contributed by atoms with Crippen LogP contribution in [0.15, 0.2) is 58.8 Å². The minimum atomic E-state index is -3.74. The first kappa shape index (κ1) is 22.9. The van der Waals surface area contributed by atoms with Gasteiger partial charge in [0, 0.05) is 12.4 Å². The number of rotatable bonds is 8. The Bertz CT molecular complexity index is 1140. The smallest absolute Gasteiger partial charge is 0.238 e. The van der Waals surface area contributed by atoms with Gasteiger partial charge >= 0.3 is 0 Å². The highest BCUT2D eigenvalue weighted by atomic mass is 32.2. The first-order chi connectivity index (χ1) is 14.6. The number of carbonyl (C=O) groups is 1.